The highest BCUT2D eigenvalue weighted by atomic mass is 16.6. The summed E-state index contributed by atoms with van der Waals surface area (Å²) in [6.45, 7) is 0. The van der Waals surface area contributed by atoms with E-state index in [2.05, 4.69) is 20.4 Å². The first-order chi connectivity index (χ1) is 13.5. The van der Waals surface area contributed by atoms with Crippen LogP contribution >= 0.6 is 0 Å². The number of hydrogen-bond acceptors (Lipinski definition) is 8. The van der Waals surface area contributed by atoms with Gasteiger partial charge in [-0.05, 0) is 22.7 Å². The molecule has 0 aliphatic heterocycles. The molecule has 0 saturated heterocycles. The first-order valence-electron chi connectivity index (χ1n) is 8.59. The summed E-state index contributed by atoms with van der Waals surface area (Å²) in [7, 11) is 3.26. The molecular weight excluding hydrogens is 366 g/mol. The van der Waals surface area contributed by atoms with Crippen LogP contribution in [0.15, 0.2) is 30.9 Å². The minimum atomic E-state index is -0.574. The standard InChI is InChI=1S/C17H17N7O4/c1-18-12-5-11(6-20-16(12)24(26)27)28-14-8-21-23-9-15(19-7-13(14)23)22(2)17(25)10-3-4-10/h5-10,18H,3-4H2,1-2H3. The molecule has 3 heterocycles. The van der Waals surface area contributed by atoms with Gasteiger partial charge in [-0.25, -0.2) is 9.50 Å². The molecule has 1 aliphatic carbocycles. The third-order valence-corrected chi connectivity index (χ3v) is 4.47. The molecule has 1 fully saturated rings. The van der Waals surface area contributed by atoms with Crippen LogP contribution in [0.1, 0.15) is 12.8 Å². The van der Waals surface area contributed by atoms with Gasteiger partial charge in [0.1, 0.15) is 11.2 Å². The number of ether oxygens (including phenoxy) is 1. The predicted octanol–water partition coefficient (Wildman–Crippen LogP) is 2.24. The topological polar surface area (TPSA) is 128 Å². The van der Waals surface area contributed by atoms with Gasteiger partial charge in [0.25, 0.3) is 0 Å². The molecule has 11 nitrogen and oxygen atoms in total. The van der Waals surface area contributed by atoms with Crippen LogP contribution in [-0.2, 0) is 4.79 Å². The van der Waals surface area contributed by atoms with E-state index in [0.29, 0.717) is 22.8 Å². The molecule has 0 radical (unpaired) electrons. The lowest BCUT2D eigenvalue weighted by molar-refractivity contribution is -0.388. The quantitative estimate of drug-likeness (QED) is 0.507. The molecule has 3 aromatic rings. The fourth-order valence-corrected chi connectivity index (χ4v) is 2.77. The van der Waals surface area contributed by atoms with E-state index in [4.69, 9.17) is 4.74 Å². The molecule has 1 N–H and O–H groups in total. The van der Waals surface area contributed by atoms with Gasteiger partial charge in [-0.15, -0.1) is 0 Å². The molecular formula is C17H17N7O4. The van der Waals surface area contributed by atoms with Crippen LogP contribution in [0, 0.1) is 16.0 Å². The summed E-state index contributed by atoms with van der Waals surface area (Å²) in [4.78, 5) is 32.3. The Morgan fingerprint density at radius 3 is 2.82 bits per heavy atom. The van der Waals surface area contributed by atoms with Crippen molar-refractivity contribution in [1.29, 1.82) is 0 Å². The van der Waals surface area contributed by atoms with Crippen LogP contribution in [0.2, 0.25) is 0 Å². The molecule has 28 heavy (non-hydrogen) atoms. The van der Waals surface area contributed by atoms with Crippen molar-refractivity contribution in [3.63, 3.8) is 0 Å². The Labute approximate surface area is 159 Å². The number of hydrogen-bond donors (Lipinski definition) is 1. The van der Waals surface area contributed by atoms with Gasteiger partial charge in [0.2, 0.25) is 5.91 Å². The number of carbonyl (C=O) groups is 1. The van der Waals surface area contributed by atoms with Crippen molar-refractivity contribution in [2.24, 2.45) is 5.92 Å². The predicted molar refractivity (Wildman–Crippen MR) is 99.6 cm³/mol. The van der Waals surface area contributed by atoms with Crippen molar-refractivity contribution in [2.75, 3.05) is 24.3 Å². The van der Waals surface area contributed by atoms with Crippen LogP contribution in [0.5, 0.6) is 11.5 Å². The second-order valence-corrected chi connectivity index (χ2v) is 6.41. The smallest absolute Gasteiger partial charge is 0.387 e. The molecule has 0 unspecified atom stereocenters. The maximum atomic E-state index is 12.2. The summed E-state index contributed by atoms with van der Waals surface area (Å²) in [6, 6.07) is 1.48. The molecule has 3 aromatic heterocycles. The zero-order valence-corrected chi connectivity index (χ0v) is 15.2. The van der Waals surface area contributed by atoms with Crippen LogP contribution in [0.25, 0.3) is 5.52 Å². The lowest BCUT2D eigenvalue weighted by atomic mass is 10.3. The van der Waals surface area contributed by atoms with Gasteiger partial charge in [0, 0.05) is 26.1 Å². The molecule has 11 heteroatoms. The molecule has 4 rings (SSSR count). The summed E-state index contributed by atoms with van der Waals surface area (Å²) in [6.07, 6.45) is 7.82. The molecule has 1 saturated carbocycles. The van der Waals surface area contributed by atoms with E-state index >= 15 is 0 Å². The molecule has 144 valence electrons. The highest BCUT2D eigenvalue weighted by molar-refractivity contribution is 5.95. The number of rotatable bonds is 6. The van der Waals surface area contributed by atoms with Crippen molar-refractivity contribution in [3.8, 4) is 11.5 Å². The van der Waals surface area contributed by atoms with Crippen molar-refractivity contribution in [3.05, 3.63) is 41.0 Å². The van der Waals surface area contributed by atoms with Gasteiger partial charge < -0.3 is 20.2 Å². The summed E-state index contributed by atoms with van der Waals surface area (Å²) < 4.78 is 7.34. The first kappa shape index (κ1) is 17.6. The number of nitrogens with zero attached hydrogens (tertiary/aromatic N) is 6. The second-order valence-electron chi connectivity index (χ2n) is 6.41. The number of carbonyl (C=O) groups excluding carboxylic acids is 1. The summed E-state index contributed by atoms with van der Waals surface area (Å²) in [5, 5.41) is 17.9. The number of fused-ring (bicyclic) bond motifs is 1. The van der Waals surface area contributed by atoms with Crippen LogP contribution < -0.4 is 15.0 Å². The number of aromatic nitrogens is 4. The van der Waals surface area contributed by atoms with E-state index in [9.17, 15) is 14.9 Å². The molecule has 0 atom stereocenters. The summed E-state index contributed by atoms with van der Waals surface area (Å²) in [5.41, 5.74) is 0.819. The van der Waals surface area contributed by atoms with Crippen molar-refractivity contribution in [1.82, 2.24) is 19.6 Å². The third-order valence-electron chi connectivity index (χ3n) is 4.47. The van der Waals surface area contributed by atoms with Crippen molar-refractivity contribution < 1.29 is 14.5 Å². The molecule has 0 aromatic carbocycles. The number of nitrogens with one attached hydrogen (secondary N) is 1. The molecule has 1 aliphatic rings. The fourth-order valence-electron chi connectivity index (χ4n) is 2.77. The number of pyridine rings is 1. The van der Waals surface area contributed by atoms with Gasteiger partial charge in [0.15, 0.2) is 23.5 Å². The molecule has 0 spiro atoms. The number of anilines is 2. The van der Waals surface area contributed by atoms with Crippen molar-refractivity contribution in [2.45, 2.75) is 12.8 Å². The Balaban J connectivity index is 1.60. The Bertz CT molecular complexity index is 1080. The lowest BCUT2D eigenvalue weighted by Crippen LogP contribution is -2.28. The fraction of sp³-hybridized carbons (Fsp3) is 0.294. The van der Waals surface area contributed by atoms with Crippen LogP contribution in [-0.4, -0.2) is 44.5 Å². The molecule has 0 bridgehead atoms. The Morgan fingerprint density at radius 1 is 1.36 bits per heavy atom. The van der Waals surface area contributed by atoms with E-state index in [0.717, 1.165) is 12.8 Å². The van der Waals surface area contributed by atoms with E-state index in [1.54, 1.807) is 31.0 Å². The largest absolute Gasteiger partial charge is 0.449 e. The minimum Gasteiger partial charge on any atom is -0.449 e. The van der Waals surface area contributed by atoms with E-state index in [1.807, 2.05) is 0 Å². The van der Waals surface area contributed by atoms with Gasteiger partial charge in [-0.1, -0.05) is 0 Å². The Hall–Kier alpha value is -3.76. The maximum Gasteiger partial charge on any atom is 0.387 e. The normalized spacial score (nSPS) is 13.4. The lowest BCUT2D eigenvalue weighted by Gasteiger charge is -2.15. The third kappa shape index (κ3) is 3.17. The monoisotopic (exact) mass is 383 g/mol. The van der Waals surface area contributed by atoms with Crippen LogP contribution in [0.3, 0.4) is 0 Å². The maximum absolute atomic E-state index is 12.2. The SMILES string of the molecule is CNc1cc(Oc2cnn3cc(N(C)C(=O)C4CC4)ncc23)cnc1[N+](=O)[O-]. The average Bonchev–Trinajstić information content (AvgIpc) is 3.48. The summed E-state index contributed by atoms with van der Waals surface area (Å²) >= 11 is 0. The Kier molecular flexibility index (Phi) is 4.26. The zero-order chi connectivity index (χ0) is 19.8. The van der Waals surface area contributed by atoms with Gasteiger partial charge in [-0.3, -0.25) is 9.69 Å². The first-order valence-corrected chi connectivity index (χ1v) is 8.59. The van der Waals surface area contributed by atoms with Crippen LogP contribution in [0.4, 0.5) is 17.3 Å². The average molecular weight is 383 g/mol. The highest BCUT2D eigenvalue weighted by Crippen LogP contribution is 2.33. The Morgan fingerprint density at radius 2 is 2.14 bits per heavy atom. The number of nitro groups is 1. The van der Waals surface area contributed by atoms with Gasteiger partial charge in [-0.2, -0.15) is 5.10 Å². The van der Waals surface area contributed by atoms with E-state index in [1.165, 1.54) is 23.4 Å². The summed E-state index contributed by atoms with van der Waals surface area (Å²) in [5.74, 6) is 1.07. The van der Waals surface area contributed by atoms with Crippen molar-refractivity contribution >= 4 is 28.7 Å². The van der Waals surface area contributed by atoms with E-state index in [-0.39, 0.29) is 23.3 Å². The number of amides is 1. The highest BCUT2D eigenvalue weighted by Gasteiger charge is 2.33. The minimum absolute atomic E-state index is 0.0482. The second kappa shape index (κ2) is 6.76. The molecule has 1 amide bonds. The van der Waals surface area contributed by atoms with Gasteiger partial charge >= 0.3 is 5.82 Å². The van der Waals surface area contributed by atoms with E-state index < -0.39 is 4.92 Å². The van der Waals surface area contributed by atoms with Gasteiger partial charge in [0.05, 0.1) is 18.6 Å². The zero-order valence-electron chi connectivity index (χ0n) is 15.2.